The fourth-order valence-corrected chi connectivity index (χ4v) is 3.26. The van der Waals surface area contributed by atoms with Crippen LogP contribution in [-0.2, 0) is 23.0 Å². The lowest BCUT2D eigenvalue weighted by Gasteiger charge is -2.19. The highest BCUT2D eigenvalue weighted by Crippen LogP contribution is 2.33. The van der Waals surface area contributed by atoms with Gasteiger partial charge in [0.15, 0.2) is 0 Å². The lowest BCUT2D eigenvalue weighted by atomic mass is 9.87. The van der Waals surface area contributed by atoms with Crippen LogP contribution in [0, 0.1) is 0 Å². The van der Waals surface area contributed by atoms with Crippen LogP contribution in [0.2, 0.25) is 0 Å². The van der Waals surface area contributed by atoms with Gasteiger partial charge in [-0.2, -0.15) is 13.2 Å². The Morgan fingerprint density at radius 3 is 2.00 bits per heavy atom. The van der Waals surface area contributed by atoms with Gasteiger partial charge in [0.05, 0.1) is 5.56 Å². The first-order chi connectivity index (χ1) is 15.4. The second-order valence-electron chi connectivity index (χ2n) is 8.73. The van der Waals surface area contributed by atoms with Gasteiger partial charge in [-0.05, 0) is 58.0 Å². The van der Waals surface area contributed by atoms with Crippen molar-refractivity contribution < 1.29 is 27.8 Å². The average molecular weight is 454 g/mol. The molecule has 172 valence electrons. The van der Waals surface area contributed by atoms with Gasteiger partial charge < -0.3 is 9.84 Å². The van der Waals surface area contributed by atoms with Crippen molar-refractivity contribution in [2.24, 2.45) is 0 Å². The molecule has 0 aliphatic carbocycles. The number of rotatable bonds is 6. The van der Waals surface area contributed by atoms with E-state index in [1.54, 1.807) is 18.2 Å². The Hall–Kier alpha value is -3.54. The largest absolute Gasteiger partial charge is 0.488 e. The molecule has 0 amide bonds. The van der Waals surface area contributed by atoms with Crippen molar-refractivity contribution in [1.82, 2.24) is 0 Å². The summed E-state index contributed by atoms with van der Waals surface area (Å²) in [5.74, 6) is -0.637. The molecule has 1 N–H and O–H groups in total. The molecule has 0 heterocycles. The van der Waals surface area contributed by atoms with Crippen LogP contribution < -0.4 is 4.74 Å². The van der Waals surface area contributed by atoms with Gasteiger partial charge in [-0.3, -0.25) is 0 Å². The van der Waals surface area contributed by atoms with Gasteiger partial charge in [-0.1, -0.05) is 63.2 Å². The number of aliphatic carboxylic acids is 1. The highest BCUT2D eigenvalue weighted by Gasteiger charge is 2.30. The number of ether oxygens (including phenoxy) is 1. The second-order valence-corrected chi connectivity index (χ2v) is 8.73. The van der Waals surface area contributed by atoms with E-state index < -0.39 is 17.7 Å². The predicted octanol–water partition coefficient (Wildman–Crippen LogP) is 7.35. The lowest BCUT2D eigenvalue weighted by molar-refractivity contribution is -0.137. The standard InChI is InChI=1S/C27H25F3O3/c1-26(2,3)22-10-4-18(5-11-22)17-33-24-14-8-20(16-21(24)9-15-25(31)32)19-6-12-23(13-7-19)27(28,29)30/h4-16H,17H2,1-3H3,(H,31,32)/b15-9+. The van der Waals surface area contributed by atoms with E-state index in [0.717, 1.165) is 23.8 Å². The minimum absolute atomic E-state index is 0.0440. The van der Waals surface area contributed by atoms with Gasteiger partial charge in [0.25, 0.3) is 0 Å². The highest BCUT2D eigenvalue weighted by atomic mass is 19.4. The Bertz CT molecular complexity index is 1140. The molecule has 0 aromatic heterocycles. The normalized spacial score (nSPS) is 12.2. The Morgan fingerprint density at radius 2 is 1.45 bits per heavy atom. The third kappa shape index (κ3) is 6.48. The van der Waals surface area contributed by atoms with Gasteiger partial charge in [0.2, 0.25) is 0 Å². The smallest absolute Gasteiger partial charge is 0.416 e. The molecule has 0 aliphatic rings. The third-order valence-corrected chi connectivity index (χ3v) is 5.18. The summed E-state index contributed by atoms with van der Waals surface area (Å²) < 4.78 is 44.5. The Morgan fingerprint density at radius 1 is 0.879 bits per heavy atom. The Balaban J connectivity index is 1.85. The number of hydrogen-bond acceptors (Lipinski definition) is 2. The molecule has 6 heteroatoms. The van der Waals surface area contributed by atoms with Gasteiger partial charge >= 0.3 is 12.1 Å². The zero-order chi connectivity index (χ0) is 24.2. The molecule has 3 nitrogen and oxygen atoms in total. The van der Waals surface area contributed by atoms with Crippen molar-refractivity contribution in [3.8, 4) is 16.9 Å². The van der Waals surface area contributed by atoms with Crippen molar-refractivity contribution in [3.63, 3.8) is 0 Å². The Kier molecular flexibility index (Phi) is 6.96. The third-order valence-electron chi connectivity index (χ3n) is 5.18. The van der Waals surface area contributed by atoms with Crippen molar-refractivity contribution in [2.75, 3.05) is 0 Å². The quantitative estimate of drug-likeness (QED) is 0.396. The molecule has 3 rings (SSSR count). The maximum Gasteiger partial charge on any atom is 0.416 e. The van der Waals surface area contributed by atoms with Gasteiger partial charge in [0, 0.05) is 11.6 Å². The topological polar surface area (TPSA) is 46.5 Å². The molecule has 0 saturated heterocycles. The van der Waals surface area contributed by atoms with E-state index in [0.29, 0.717) is 22.4 Å². The number of benzene rings is 3. The van der Waals surface area contributed by atoms with E-state index in [-0.39, 0.29) is 12.0 Å². The zero-order valence-electron chi connectivity index (χ0n) is 18.6. The van der Waals surface area contributed by atoms with Gasteiger partial charge in [-0.15, -0.1) is 0 Å². The molecule has 3 aromatic rings. The molecule has 0 fully saturated rings. The molecule has 0 spiro atoms. The van der Waals surface area contributed by atoms with E-state index in [9.17, 15) is 18.0 Å². The molecule has 3 aromatic carbocycles. The van der Waals surface area contributed by atoms with Crippen LogP contribution in [0.25, 0.3) is 17.2 Å². The molecule has 0 unspecified atom stereocenters. The monoisotopic (exact) mass is 454 g/mol. The van der Waals surface area contributed by atoms with Gasteiger partial charge in [-0.25, -0.2) is 4.79 Å². The number of carboxylic acid groups (broad SMARTS) is 1. The molecular formula is C27H25F3O3. The summed E-state index contributed by atoms with van der Waals surface area (Å²) in [7, 11) is 0. The number of carboxylic acids is 1. The first-order valence-electron chi connectivity index (χ1n) is 10.4. The SMILES string of the molecule is CC(C)(C)c1ccc(COc2ccc(-c3ccc(C(F)(F)F)cc3)cc2/C=C/C(=O)O)cc1. The lowest BCUT2D eigenvalue weighted by Crippen LogP contribution is -2.10. The summed E-state index contributed by atoms with van der Waals surface area (Å²) in [6.07, 6.45) is -2.00. The van der Waals surface area contributed by atoms with E-state index in [2.05, 4.69) is 32.9 Å². The fourth-order valence-electron chi connectivity index (χ4n) is 3.26. The van der Waals surface area contributed by atoms with Crippen molar-refractivity contribution in [3.05, 3.63) is 95.1 Å². The number of carbonyl (C=O) groups is 1. The van der Waals surface area contributed by atoms with Crippen LogP contribution in [0.15, 0.2) is 72.8 Å². The molecule has 0 aliphatic heterocycles. The Labute approximate surface area is 191 Å². The van der Waals surface area contributed by atoms with E-state index in [1.165, 1.54) is 23.8 Å². The second kappa shape index (κ2) is 9.53. The number of hydrogen-bond donors (Lipinski definition) is 1. The maximum absolute atomic E-state index is 12.8. The number of halogens is 3. The van der Waals surface area contributed by atoms with E-state index in [4.69, 9.17) is 9.84 Å². The van der Waals surface area contributed by atoms with Crippen LogP contribution in [0.1, 0.15) is 43.0 Å². The van der Waals surface area contributed by atoms with Crippen molar-refractivity contribution in [1.29, 1.82) is 0 Å². The fraction of sp³-hybridized carbons (Fsp3) is 0.222. The van der Waals surface area contributed by atoms with Crippen LogP contribution in [0.5, 0.6) is 5.75 Å². The summed E-state index contributed by atoms with van der Waals surface area (Å²) >= 11 is 0. The van der Waals surface area contributed by atoms with E-state index in [1.807, 2.05) is 12.1 Å². The summed E-state index contributed by atoms with van der Waals surface area (Å²) in [5.41, 5.74) is 3.23. The van der Waals surface area contributed by atoms with Gasteiger partial charge in [0.1, 0.15) is 12.4 Å². The van der Waals surface area contributed by atoms with Crippen LogP contribution in [-0.4, -0.2) is 11.1 Å². The molecule has 0 bridgehead atoms. The van der Waals surface area contributed by atoms with Crippen molar-refractivity contribution in [2.45, 2.75) is 39.0 Å². The minimum atomic E-state index is -4.41. The predicted molar refractivity (Wildman–Crippen MR) is 123 cm³/mol. The minimum Gasteiger partial charge on any atom is -0.488 e. The average Bonchev–Trinajstić information content (AvgIpc) is 2.75. The highest BCUT2D eigenvalue weighted by molar-refractivity contribution is 5.86. The maximum atomic E-state index is 12.8. The van der Waals surface area contributed by atoms with E-state index >= 15 is 0 Å². The van der Waals surface area contributed by atoms with Crippen LogP contribution in [0.3, 0.4) is 0 Å². The number of alkyl halides is 3. The molecule has 0 radical (unpaired) electrons. The van der Waals surface area contributed by atoms with Crippen LogP contribution in [0.4, 0.5) is 13.2 Å². The zero-order valence-corrected chi connectivity index (χ0v) is 18.6. The summed E-state index contributed by atoms with van der Waals surface area (Å²) in [6, 6.07) is 18.0. The van der Waals surface area contributed by atoms with Crippen LogP contribution >= 0.6 is 0 Å². The molecule has 0 saturated carbocycles. The summed E-state index contributed by atoms with van der Waals surface area (Å²) in [5, 5.41) is 9.02. The summed E-state index contributed by atoms with van der Waals surface area (Å²) in [6.45, 7) is 6.70. The summed E-state index contributed by atoms with van der Waals surface area (Å²) in [4.78, 5) is 11.0. The first kappa shape index (κ1) is 24.1. The molecular weight excluding hydrogens is 429 g/mol. The first-order valence-corrected chi connectivity index (χ1v) is 10.4. The van der Waals surface area contributed by atoms with Crippen molar-refractivity contribution >= 4 is 12.0 Å². The molecule has 33 heavy (non-hydrogen) atoms. The molecule has 0 atom stereocenters.